The third-order valence-corrected chi connectivity index (χ3v) is 4.90. The molecule has 2 heterocycles. The van der Waals surface area contributed by atoms with Crippen molar-refractivity contribution in [2.24, 2.45) is 0 Å². The summed E-state index contributed by atoms with van der Waals surface area (Å²) in [5.74, 6) is 2.63. The maximum absolute atomic E-state index is 6.44. The quantitative estimate of drug-likeness (QED) is 0.854. The van der Waals surface area contributed by atoms with Crippen molar-refractivity contribution in [2.45, 2.75) is 50.2 Å². The fraction of sp³-hybridized carbons (Fsp3) is 0.625. The van der Waals surface area contributed by atoms with Gasteiger partial charge in [0.25, 0.3) is 0 Å². The van der Waals surface area contributed by atoms with Crippen molar-refractivity contribution < 1.29 is 14.2 Å². The number of nitrogens with one attached hydrogen (secondary N) is 1. The summed E-state index contributed by atoms with van der Waals surface area (Å²) in [5.41, 5.74) is 1.22. The fourth-order valence-corrected chi connectivity index (χ4v) is 3.82. The standard InChI is InChI=1S/C16H21NO3/c1-17-12-9-16(5-3-2-4-6-16)20-13-8-15-14(7-11(12)13)18-10-19-15/h7-8,12,17H,2-6,9-10H2,1H3. The number of ether oxygens (including phenoxy) is 3. The van der Waals surface area contributed by atoms with Crippen LogP contribution in [0.4, 0.5) is 0 Å². The van der Waals surface area contributed by atoms with Crippen LogP contribution in [0.25, 0.3) is 0 Å². The molecule has 2 aliphatic heterocycles. The molecule has 1 saturated carbocycles. The van der Waals surface area contributed by atoms with E-state index in [9.17, 15) is 0 Å². The van der Waals surface area contributed by atoms with Gasteiger partial charge in [0.1, 0.15) is 11.4 Å². The van der Waals surface area contributed by atoms with Crippen LogP contribution in [0, 0.1) is 0 Å². The van der Waals surface area contributed by atoms with E-state index in [-0.39, 0.29) is 5.60 Å². The average molecular weight is 275 g/mol. The zero-order chi connectivity index (χ0) is 13.6. The Kier molecular flexibility index (Phi) is 2.81. The first kappa shape index (κ1) is 12.3. The van der Waals surface area contributed by atoms with E-state index in [4.69, 9.17) is 14.2 Å². The Labute approximate surface area is 119 Å². The second kappa shape index (κ2) is 4.55. The van der Waals surface area contributed by atoms with Crippen LogP contribution in [0.1, 0.15) is 50.1 Å². The lowest BCUT2D eigenvalue weighted by Gasteiger charge is -2.44. The summed E-state index contributed by atoms with van der Waals surface area (Å²) in [6.45, 7) is 0.313. The van der Waals surface area contributed by atoms with Gasteiger partial charge in [0.05, 0.1) is 0 Å². The third-order valence-electron chi connectivity index (χ3n) is 4.90. The highest BCUT2D eigenvalue weighted by molar-refractivity contribution is 5.54. The number of rotatable bonds is 1. The highest BCUT2D eigenvalue weighted by Gasteiger charge is 2.42. The first-order chi connectivity index (χ1) is 9.80. The van der Waals surface area contributed by atoms with Gasteiger partial charge in [0.15, 0.2) is 11.5 Å². The molecule has 0 saturated heterocycles. The Balaban J connectivity index is 1.74. The zero-order valence-electron chi connectivity index (χ0n) is 11.9. The van der Waals surface area contributed by atoms with Crippen LogP contribution in [0.5, 0.6) is 17.2 Å². The van der Waals surface area contributed by atoms with Gasteiger partial charge in [-0.05, 0) is 38.8 Å². The summed E-state index contributed by atoms with van der Waals surface area (Å²) in [6, 6.07) is 4.43. The van der Waals surface area contributed by atoms with Crippen molar-refractivity contribution in [1.29, 1.82) is 0 Å². The van der Waals surface area contributed by atoms with E-state index < -0.39 is 0 Å². The van der Waals surface area contributed by atoms with E-state index in [0.29, 0.717) is 12.8 Å². The molecule has 1 aliphatic carbocycles. The summed E-state index contributed by atoms with van der Waals surface area (Å²) >= 11 is 0. The van der Waals surface area contributed by atoms with Gasteiger partial charge in [-0.3, -0.25) is 0 Å². The van der Waals surface area contributed by atoms with Gasteiger partial charge in [0.2, 0.25) is 6.79 Å². The van der Waals surface area contributed by atoms with Gasteiger partial charge in [-0.25, -0.2) is 0 Å². The van der Waals surface area contributed by atoms with Crippen LogP contribution in [0.15, 0.2) is 12.1 Å². The summed E-state index contributed by atoms with van der Waals surface area (Å²) in [5, 5.41) is 3.45. The molecule has 3 aliphatic rings. The summed E-state index contributed by atoms with van der Waals surface area (Å²) < 4.78 is 17.4. The molecule has 0 radical (unpaired) electrons. The predicted molar refractivity (Wildman–Crippen MR) is 75.4 cm³/mol. The number of hydrogen-bond donors (Lipinski definition) is 1. The molecule has 1 N–H and O–H groups in total. The number of hydrogen-bond acceptors (Lipinski definition) is 4. The van der Waals surface area contributed by atoms with Crippen LogP contribution in [0.2, 0.25) is 0 Å². The molecule has 20 heavy (non-hydrogen) atoms. The number of benzene rings is 1. The molecule has 1 fully saturated rings. The van der Waals surface area contributed by atoms with Crippen LogP contribution < -0.4 is 19.5 Å². The minimum Gasteiger partial charge on any atom is -0.487 e. The first-order valence-corrected chi connectivity index (χ1v) is 7.59. The molecule has 108 valence electrons. The zero-order valence-corrected chi connectivity index (χ0v) is 11.9. The predicted octanol–water partition coefficient (Wildman–Crippen LogP) is 3.16. The first-order valence-electron chi connectivity index (χ1n) is 7.59. The van der Waals surface area contributed by atoms with Crippen molar-refractivity contribution >= 4 is 0 Å². The Hall–Kier alpha value is -1.42. The average Bonchev–Trinajstić information content (AvgIpc) is 2.92. The lowest BCUT2D eigenvalue weighted by molar-refractivity contribution is -0.00188. The van der Waals surface area contributed by atoms with Gasteiger partial charge < -0.3 is 19.5 Å². The summed E-state index contributed by atoms with van der Waals surface area (Å²) in [7, 11) is 2.03. The lowest BCUT2D eigenvalue weighted by atomic mass is 9.77. The topological polar surface area (TPSA) is 39.7 Å². The van der Waals surface area contributed by atoms with Gasteiger partial charge in [-0.15, -0.1) is 0 Å². The minimum absolute atomic E-state index is 0.0205. The van der Waals surface area contributed by atoms with Crippen LogP contribution in [-0.2, 0) is 0 Å². The maximum atomic E-state index is 6.44. The molecule has 1 atom stereocenters. The molecule has 1 unspecified atom stereocenters. The fourth-order valence-electron chi connectivity index (χ4n) is 3.82. The maximum Gasteiger partial charge on any atom is 0.231 e. The molecule has 1 aromatic carbocycles. The van der Waals surface area contributed by atoms with Crippen LogP contribution in [0.3, 0.4) is 0 Å². The summed E-state index contributed by atoms with van der Waals surface area (Å²) in [6.07, 6.45) is 7.27. The monoisotopic (exact) mass is 275 g/mol. The molecule has 0 amide bonds. The molecule has 4 heteroatoms. The SMILES string of the molecule is CNC1CC2(CCCCC2)Oc2cc3c(cc21)OCO3. The largest absolute Gasteiger partial charge is 0.487 e. The second-order valence-electron chi connectivity index (χ2n) is 6.13. The van der Waals surface area contributed by atoms with Gasteiger partial charge in [0, 0.05) is 24.1 Å². The van der Waals surface area contributed by atoms with Crippen molar-refractivity contribution in [1.82, 2.24) is 5.32 Å². The molecule has 0 aromatic heterocycles. The lowest BCUT2D eigenvalue weighted by Crippen LogP contribution is -2.45. The third kappa shape index (κ3) is 1.85. The van der Waals surface area contributed by atoms with Crippen molar-refractivity contribution in [3.05, 3.63) is 17.7 Å². The molecule has 1 spiro atoms. The molecule has 1 aromatic rings. The highest BCUT2D eigenvalue weighted by Crippen LogP contribution is 2.49. The van der Waals surface area contributed by atoms with Gasteiger partial charge in [-0.2, -0.15) is 0 Å². The molecular weight excluding hydrogens is 254 g/mol. The molecule has 0 bridgehead atoms. The van der Waals surface area contributed by atoms with Crippen molar-refractivity contribution in [3.63, 3.8) is 0 Å². The Morgan fingerprint density at radius 2 is 1.80 bits per heavy atom. The molecule has 4 nitrogen and oxygen atoms in total. The van der Waals surface area contributed by atoms with Crippen molar-refractivity contribution in [3.8, 4) is 17.2 Å². The van der Waals surface area contributed by atoms with E-state index in [2.05, 4.69) is 11.4 Å². The van der Waals surface area contributed by atoms with Crippen LogP contribution >= 0.6 is 0 Å². The Morgan fingerprint density at radius 1 is 1.05 bits per heavy atom. The highest BCUT2D eigenvalue weighted by atomic mass is 16.7. The molecular formula is C16H21NO3. The van der Waals surface area contributed by atoms with Gasteiger partial charge in [-0.1, -0.05) is 6.42 Å². The van der Waals surface area contributed by atoms with E-state index in [0.717, 1.165) is 23.7 Å². The van der Waals surface area contributed by atoms with E-state index in [1.54, 1.807) is 0 Å². The number of fused-ring (bicyclic) bond motifs is 2. The van der Waals surface area contributed by atoms with E-state index >= 15 is 0 Å². The van der Waals surface area contributed by atoms with Crippen molar-refractivity contribution in [2.75, 3.05) is 13.8 Å². The summed E-state index contributed by atoms with van der Waals surface area (Å²) in [4.78, 5) is 0. The second-order valence-corrected chi connectivity index (χ2v) is 6.13. The Morgan fingerprint density at radius 3 is 2.55 bits per heavy atom. The van der Waals surface area contributed by atoms with Crippen LogP contribution in [-0.4, -0.2) is 19.4 Å². The minimum atomic E-state index is 0.0205. The Bertz CT molecular complexity index is 523. The normalized spacial score (nSPS) is 26.1. The smallest absolute Gasteiger partial charge is 0.231 e. The van der Waals surface area contributed by atoms with E-state index in [1.165, 1.54) is 37.7 Å². The molecule has 4 rings (SSSR count). The van der Waals surface area contributed by atoms with Gasteiger partial charge >= 0.3 is 0 Å². The van der Waals surface area contributed by atoms with E-state index in [1.807, 2.05) is 13.1 Å².